The standard InChI is InChI=1S/C25H21N3O3/c1-25(31-2)20-12-5-6-13-22(20)28(24(25)30)17-9-7-8-16(14-17)15-21-18-10-3-4-11-19(18)23(29)27-26-21/h3-14H,15H2,1-2H3,(H,27,29). The Morgan fingerprint density at radius 1 is 0.968 bits per heavy atom. The Kier molecular flexibility index (Phi) is 4.45. The minimum Gasteiger partial charge on any atom is -0.364 e. The highest BCUT2D eigenvalue weighted by atomic mass is 16.5. The van der Waals surface area contributed by atoms with Crippen LogP contribution < -0.4 is 10.5 Å². The maximum Gasteiger partial charge on any atom is 0.272 e. The van der Waals surface area contributed by atoms with E-state index < -0.39 is 5.60 Å². The number of rotatable bonds is 4. The number of anilines is 2. The van der Waals surface area contributed by atoms with Crippen molar-refractivity contribution in [1.82, 2.24) is 10.2 Å². The number of carbonyl (C=O) groups is 1. The zero-order valence-electron chi connectivity index (χ0n) is 17.3. The van der Waals surface area contributed by atoms with Crippen LogP contribution in [0.5, 0.6) is 0 Å². The smallest absolute Gasteiger partial charge is 0.272 e. The largest absolute Gasteiger partial charge is 0.364 e. The van der Waals surface area contributed by atoms with Crippen LogP contribution in [0, 0.1) is 0 Å². The van der Waals surface area contributed by atoms with Crippen LogP contribution in [-0.4, -0.2) is 23.2 Å². The Hall–Kier alpha value is -3.77. The van der Waals surface area contributed by atoms with Crippen molar-refractivity contribution in [3.05, 3.63) is 100.0 Å². The van der Waals surface area contributed by atoms with E-state index in [4.69, 9.17) is 4.74 Å². The van der Waals surface area contributed by atoms with E-state index in [9.17, 15) is 9.59 Å². The fourth-order valence-corrected chi connectivity index (χ4v) is 4.27. The van der Waals surface area contributed by atoms with Crippen LogP contribution in [0.3, 0.4) is 0 Å². The first-order valence-corrected chi connectivity index (χ1v) is 10.1. The van der Waals surface area contributed by atoms with Crippen molar-refractivity contribution >= 4 is 28.1 Å². The molecular formula is C25H21N3O3. The van der Waals surface area contributed by atoms with Crippen molar-refractivity contribution in [1.29, 1.82) is 0 Å². The summed E-state index contributed by atoms with van der Waals surface area (Å²) in [5.74, 6) is -0.124. The van der Waals surface area contributed by atoms with Crippen LogP contribution in [0.25, 0.3) is 10.8 Å². The van der Waals surface area contributed by atoms with Gasteiger partial charge in [-0.05, 0) is 36.8 Å². The number of aromatic nitrogens is 2. The van der Waals surface area contributed by atoms with Crippen molar-refractivity contribution in [2.24, 2.45) is 0 Å². The van der Waals surface area contributed by atoms with Crippen LogP contribution in [-0.2, 0) is 21.6 Å². The molecule has 1 aromatic heterocycles. The van der Waals surface area contributed by atoms with Gasteiger partial charge in [0.2, 0.25) is 0 Å². The molecule has 0 saturated heterocycles. The Morgan fingerprint density at radius 2 is 1.71 bits per heavy atom. The van der Waals surface area contributed by atoms with Crippen molar-refractivity contribution in [2.75, 3.05) is 12.0 Å². The predicted octanol–water partition coefficient (Wildman–Crippen LogP) is 4.05. The van der Waals surface area contributed by atoms with Crippen molar-refractivity contribution < 1.29 is 9.53 Å². The number of benzene rings is 3. The summed E-state index contributed by atoms with van der Waals surface area (Å²) in [7, 11) is 1.56. The number of ether oxygens (including phenoxy) is 1. The molecule has 0 radical (unpaired) electrons. The van der Waals surface area contributed by atoms with E-state index in [0.717, 1.165) is 33.6 Å². The lowest BCUT2D eigenvalue weighted by Gasteiger charge is -2.23. The van der Waals surface area contributed by atoms with E-state index in [1.807, 2.05) is 66.7 Å². The van der Waals surface area contributed by atoms with E-state index >= 15 is 0 Å². The molecule has 1 atom stereocenters. The second-order valence-electron chi connectivity index (χ2n) is 7.79. The molecule has 1 N–H and O–H groups in total. The summed E-state index contributed by atoms with van der Waals surface area (Å²) < 4.78 is 5.64. The van der Waals surface area contributed by atoms with E-state index in [1.165, 1.54) is 0 Å². The van der Waals surface area contributed by atoms with Gasteiger partial charge in [-0.15, -0.1) is 0 Å². The zero-order chi connectivity index (χ0) is 21.6. The first-order valence-electron chi connectivity index (χ1n) is 10.1. The van der Waals surface area contributed by atoms with Gasteiger partial charge in [0.25, 0.3) is 11.5 Å². The van der Waals surface area contributed by atoms with Crippen LogP contribution in [0.4, 0.5) is 11.4 Å². The van der Waals surface area contributed by atoms with Crippen molar-refractivity contribution in [3.8, 4) is 0 Å². The molecule has 6 heteroatoms. The molecule has 0 aliphatic carbocycles. The molecule has 31 heavy (non-hydrogen) atoms. The van der Waals surface area contributed by atoms with Gasteiger partial charge in [0.15, 0.2) is 5.60 Å². The summed E-state index contributed by atoms with van der Waals surface area (Å²) in [5.41, 5.74) is 2.97. The Balaban J connectivity index is 1.56. The number of amides is 1. The number of hydrogen-bond acceptors (Lipinski definition) is 4. The monoisotopic (exact) mass is 411 g/mol. The van der Waals surface area contributed by atoms with Gasteiger partial charge < -0.3 is 4.74 Å². The molecule has 1 unspecified atom stereocenters. The minimum atomic E-state index is -1.02. The highest BCUT2D eigenvalue weighted by Crippen LogP contribution is 2.45. The normalized spacial score (nSPS) is 17.9. The summed E-state index contributed by atoms with van der Waals surface area (Å²) in [5, 5.41) is 8.30. The van der Waals surface area contributed by atoms with Gasteiger partial charge in [-0.3, -0.25) is 14.5 Å². The average Bonchev–Trinajstić information content (AvgIpc) is 3.03. The number of aromatic amines is 1. The fourth-order valence-electron chi connectivity index (χ4n) is 4.27. The van der Waals surface area contributed by atoms with Gasteiger partial charge in [0.1, 0.15) is 0 Å². The number of carbonyl (C=O) groups excluding carboxylic acids is 1. The first-order chi connectivity index (χ1) is 15.0. The molecule has 0 spiro atoms. The van der Waals surface area contributed by atoms with Gasteiger partial charge in [-0.2, -0.15) is 5.10 Å². The van der Waals surface area contributed by atoms with E-state index in [0.29, 0.717) is 11.8 Å². The van der Waals surface area contributed by atoms with Gasteiger partial charge in [-0.1, -0.05) is 48.5 Å². The number of nitrogens with zero attached hydrogens (tertiary/aromatic N) is 2. The molecule has 3 aromatic carbocycles. The number of H-pyrrole nitrogens is 1. The number of fused-ring (bicyclic) bond motifs is 2. The van der Waals surface area contributed by atoms with Crippen LogP contribution >= 0.6 is 0 Å². The highest BCUT2D eigenvalue weighted by molar-refractivity contribution is 6.11. The third kappa shape index (κ3) is 2.95. The third-order valence-corrected chi connectivity index (χ3v) is 5.99. The second-order valence-corrected chi connectivity index (χ2v) is 7.79. The second kappa shape index (κ2) is 7.18. The van der Waals surface area contributed by atoms with E-state index in [2.05, 4.69) is 10.2 Å². The van der Waals surface area contributed by atoms with E-state index in [-0.39, 0.29) is 11.5 Å². The zero-order valence-corrected chi connectivity index (χ0v) is 17.3. The Labute approximate surface area is 179 Å². The van der Waals surface area contributed by atoms with Crippen molar-refractivity contribution in [3.63, 3.8) is 0 Å². The van der Waals surface area contributed by atoms with Crippen LogP contribution in [0.2, 0.25) is 0 Å². The lowest BCUT2D eigenvalue weighted by atomic mass is 9.98. The number of hydrogen-bond donors (Lipinski definition) is 1. The highest BCUT2D eigenvalue weighted by Gasteiger charge is 2.48. The van der Waals surface area contributed by atoms with Gasteiger partial charge in [0.05, 0.1) is 16.8 Å². The fraction of sp³-hybridized carbons (Fsp3) is 0.160. The average molecular weight is 411 g/mol. The topological polar surface area (TPSA) is 75.3 Å². The molecule has 5 rings (SSSR count). The number of para-hydroxylation sites is 1. The molecule has 154 valence electrons. The molecule has 4 aromatic rings. The van der Waals surface area contributed by atoms with Crippen LogP contribution in [0.15, 0.2) is 77.6 Å². The number of nitrogens with one attached hydrogen (secondary N) is 1. The summed E-state index contributed by atoms with van der Waals surface area (Å²) in [4.78, 5) is 27.1. The molecule has 1 amide bonds. The molecule has 0 bridgehead atoms. The molecule has 1 aliphatic rings. The quantitative estimate of drug-likeness (QED) is 0.550. The van der Waals surface area contributed by atoms with Gasteiger partial charge in [0, 0.05) is 30.2 Å². The minimum absolute atomic E-state index is 0.124. The Bertz CT molecular complexity index is 1380. The molecule has 1 aliphatic heterocycles. The lowest BCUT2D eigenvalue weighted by molar-refractivity contribution is -0.137. The van der Waals surface area contributed by atoms with E-state index in [1.54, 1.807) is 25.0 Å². The van der Waals surface area contributed by atoms with Crippen molar-refractivity contribution in [2.45, 2.75) is 18.9 Å². The van der Waals surface area contributed by atoms with Gasteiger partial charge in [-0.25, -0.2) is 5.10 Å². The van der Waals surface area contributed by atoms with Gasteiger partial charge >= 0.3 is 0 Å². The maximum absolute atomic E-state index is 13.3. The molecule has 2 heterocycles. The molecule has 6 nitrogen and oxygen atoms in total. The molecular weight excluding hydrogens is 390 g/mol. The maximum atomic E-state index is 13.3. The predicted molar refractivity (Wildman–Crippen MR) is 120 cm³/mol. The first kappa shape index (κ1) is 19.2. The number of methoxy groups -OCH3 is 1. The summed E-state index contributed by atoms with van der Waals surface area (Å²) in [6.45, 7) is 1.80. The lowest BCUT2D eigenvalue weighted by Crippen LogP contribution is -2.37. The summed E-state index contributed by atoms with van der Waals surface area (Å²) in [6.07, 6.45) is 0.524. The SMILES string of the molecule is COC1(C)C(=O)N(c2cccc(Cc3n[nH]c(=O)c4ccccc34)c2)c2ccccc21. The molecule has 0 saturated carbocycles. The summed E-state index contributed by atoms with van der Waals surface area (Å²) >= 11 is 0. The van der Waals surface area contributed by atoms with Crippen LogP contribution in [0.1, 0.15) is 23.7 Å². The summed E-state index contributed by atoms with van der Waals surface area (Å²) in [6, 6.07) is 22.9. The molecule has 0 fully saturated rings. The third-order valence-electron chi connectivity index (χ3n) is 5.99. The Morgan fingerprint density at radius 3 is 2.52 bits per heavy atom.